The molecule has 0 aromatic carbocycles. The SMILES string of the molecule is Cc1cccc(Nc2cc(C)nc(C3CCN(CC(=O)NCc4ccccn4)CC3)c2)n1. The van der Waals surface area contributed by atoms with Crippen LogP contribution in [-0.4, -0.2) is 45.4 Å². The average molecular weight is 431 g/mol. The number of rotatable bonds is 7. The Labute approximate surface area is 189 Å². The summed E-state index contributed by atoms with van der Waals surface area (Å²) in [5.41, 5.74) is 4.98. The van der Waals surface area contributed by atoms with Crippen LogP contribution in [0.25, 0.3) is 0 Å². The molecule has 0 unspecified atom stereocenters. The van der Waals surface area contributed by atoms with Crippen LogP contribution in [0.1, 0.15) is 41.5 Å². The first-order valence-electron chi connectivity index (χ1n) is 11.1. The summed E-state index contributed by atoms with van der Waals surface area (Å²) >= 11 is 0. The number of likely N-dealkylation sites (tertiary alicyclic amines) is 1. The van der Waals surface area contributed by atoms with Gasteiger partial charge < -0.3 is 10.6 Å². The van der Waals surface area contributed by atoms with Crippen molar-refractivity contribution in [3.05, 3.63) is 77.5 Å². The topological polar surface area (TPSA) is 83.0 Å². The highest BCUT2D eigenvalue weighted by Crippen LogP contribution is 2.29. The van der Waals surface area contributed by atoms with Gasteiger partial charge in [-0.25, -0.2) is 4.98 Å². The van der Waals surface area contributed by atoms with E-state index >= 15 is 0 Å². The number of pyridine rings is 3. The highest BCUT2D eigenvalue weighted by Gasteiger charge is 2.23. The van der Waals surface area contributed by atoms with E-state index in [1.165, 1.54) is 0 Å². The lowest BCUT2D eigenvalue weighted by Gasteiger charge is -2.31. The molecule has 1 aliphatic heterocycles. The number of amides is 1. The molecule has 0 saturated carbocycles. The summed E-state index contributed by atoms with van der Waals surface area (Å²) in [7, 11) is 0. The fraction of sp³-hybridized carbons (Fsp3) is 0.360. The molecular formula is C25H30N6O. The fourth-order valence-corrected chi connectivity index (χ4v) is 4.07. The van der Waals surface area contributed by atoms with Gasteiger partial charge in [0, 0.05) is 34.9 Å². The Balaban J connectivity index is 1.30. The van der Waals surface area contributed by atoms with Crippen molar-refractivity contribution in [3.63, 3.8) is 0 Å². The predicted octanol–water partition coefficient (Wildman–Crippen LogP) is 3.73. The van der Waals surface area contributed by atoms with Gasteiger partial charge in [0.25, 0.3) is 0 Å². The summed E-state index contributed by atoms with van der Waals surface area (Å²) in [6.45, 7) is 6.68. The van der Waals surface area contributed by atoms with Crippen molar-refractivity contribution < 1.29 is 4.79 Å². The lowest BCUT2D eigenvalue weighted by Crippen LogP contribution is -2.41. The molecule has 1 amide bonds. The highest BCUT2D eigenvalue weighted by atomic mass is 16.2. The van der Waals surface area contributed by atoms with E-state index in [1.807, 2.05) is 50.2 Å². The minimum atomic E-state index is 0.0416. The van der Waals surface area contributed by atoms with E-state index in [0.29, 0.717) is 19.0 Å². The third-order valence-corrected chi connectivity index (χ3v) is 5.70. The number of hydrogen-bond donors (Lipinski definition) is 2. The van der Waals surface area contributed by atoms with E-state index in [9.17, 15) is 4.79 Å². The Morgan fingerprint density at radius 3 is 2.62 bits per heavy atom. The van der Waals surface area contributed by atoms with Crippen molar-refractivity contribution in [1.82, 2.24) is 25.2 Å². The molecule has 2 N–H and O–H groups in total. The van der Waals surface area contributed by atoms with Crippen molar-refractivity contribution in [3.8, 4) is 0 Å². The van der Waals surface area contributed by atoms with Gasteiger partial charge in [-0.3, -0.25) is 19.7 Å². The first kappa shape index (κ1) is 21.9. The zero-order chi connectivity index (χ0) is 22.3. The van der Waals surface area contributed by atoms with Gasteiger partial charge in [-0.2, -0.15) is 0 Å². The second kappa shape index (κ2) is 10.3. The summed E-state index contributed by atoms with van der Waals surface area (Å²) in [5.74, 6) is 1.28. The summed E-state index contributed by atoms with van der Waals surface area (Å²) in [6.07, 6.45) is 3.72. The molecule has 166 valence electrons. The molecule has 4 rings (SSSR count). The van der Waals surface area contributed by atoms with E-state index in [-0.39, 0.29) is 5.91 Å². The Kier molecular flexibility index (Phi) is 7.07. The molecule has 4 heterocycles. The van der Waals surface area contributed by atoms with Crippen molar-refractivity contribution >= 4 is 17.4 Å². The van der Waals surface area contributed by atoms with Gasteiger partial charge in [0.1, 0.15) is 5.82 Å². The van der Waals surface area contributed by atoms with Gasteiger partial charge in [-0.1, -0.05) is 12.1 Å². The molecule has 7 nitrogen and oxygen atoms in total. The summed E-state index contributed by atoms with van der Waals surface area (Å²) in [5, 5.41) is 6.37. The van der Waals surface area contributed by atoms with Crippen LogP contribution in [0.4, 0.5) is 11.5 Å². The van der Waals surface area contributed by atoms with E-state index in [0.717, 1.165) is 60.2 Å². The number of carbonyl (C=O) groups excluding carboxylic acids is 1. The summed E-state index contributed by atoms with van der Waals surface area (Å²) in [4.78, 5) is 28.1. The van der Waals surface area contributed by atoms with E-state index in [4.69, 9.17) is 4.98 Å². The van der Waals surface area contributed by atoms with E-state index in [2.05, 4.69) is 37.6 Å². The fourth-order valence-electron chi connectivity index (χ4n) is 4.07. The lowest BCUT2D eigenvalue weighted by atomic mass is 9.92. The Hall–Kier alpha value is -3.32. The molecule has 0 atom stereocenters. The van der Waals surface area contributed by atoms with Gasteiger partial charge in [-0.05, 0) is 76.2 Å². The number of nitrogens with one attached hydrogen (secondary N) is 2. The number of hydrogen-bond acceptors (Lipinski definition) is 6. The maximum absolute atomic E-state index is 12.3. The van der Waals surface area contributed by atoms with E-state index in [1.54, 1.807) is 6.20 Å². The van der Waals surface area contributed by atoms with Crippen molar-refractivity contribution in [2.75, 3.05) is 25.0 Å². The van der Waals surface area contributed by atoms with Crippen molar-refractivity contribution in [2.24, 2.45) is 0 Å². The summed E-state index contributed by atoms with van der Waals surface area (Å²) < 4.78 is 0. The Bertz CT molecular complexity index is 1050. The van der Waals surface area contributed by atoms with Gasteiger partial charge in [0.15, 0.2) is 0 Å². The monoisotopic (exact) mass is 430 g/mol. The number of carbonyl (C=O) groups is 1. The van der Waals surface area contributed by atoms with Crippen LogP contribution < -0.4 is 10.6 Å². The minimum absolute atomic E-state index is 0.0416. The zero-order valence-electron chi connectivity index (χ0n) is 18.7. The molecule has 1 fully saturated rings. The van der Waals surface area contributed by atoms with Crippen LogP contribution in [0.3, 0.4) is 0 Å². The number of piperidine rings is 1. The molecule has 7 heteroatoms. The first-order valence-corrected chi connectivity index (χ1v) is 11.1. The normalized spacial score (nSPS) is 14.8. The molecular weight excluding hydrogens is 400 g/mol. The van der Waals surface area contributed by atoms with Crippen LogP contribution in [0, 0.1) is 13.8 Å². The van der Waals surface area contributed by atoms with Crippen LogP contribution in [0.15, 0.2) is 54.7 Å². The maximum Gasteiger partial charge on any atom is 0.234 e. The second-order valence-electron chi connectivity index (χ2n) is 8.36. The molecule has 32 heavy (non-hydrogen) atoms. The van der Waals surface area contributed by atoms with Crippen LogP contribution in [0.2, 0.25) is 0 Å². The van der Waals surface area contributed by atoms with Gasteiger partial charge in [0.05, 0.1) is 18.8 Å². The molecule has 0 bridgehead atoms. The summed E-state index contributed by atoms with van der Waals surface area (Å²) in [6, 6.07) is 15.9. The number of aryl methyl sites for hydroxylation is 2. The number of nitrogens with zero attached hydrogens (tertiary/aromatic N) is 4. The molecule has 1 saturated heterocycles. The number of anilines is 2. The number of aromatic nitrogens is 3. The van der Waals surface area contributed by atoms with Crippen LogP contribution in [-0.2, 0) is 11.3 Å². The van der Waals surface area contributed by atoms with Crippen LogP contribution in [0.5, 0.6) is 0 Å². The zero-order valence-corrected chi connectivity index (χ0v) is 18.7. The molecule has 3 aromatic rings. The average Bonchev–Trinajstić information content (AvgIpc) is 2.78. The Morgan fingerprint density at radius 1 is 1.03 bits per heavy atom. The minimum Gasteiger partial charge on any atom is -0.349 e. The molecule has 0 aliphatic carbocycles. The largest absolute Gasteiger partial charge is 0.349 e. The highest BCUT2D eigenvalue weighted by molar-refractivity contribution is 5.78. The smallest absolute Gasteiger partial charge is 0.234 e. The Morgan fingerprint density at radius 2 is 1.88 bits per heavy atom. The molecule has 0 radical (unpaired) electrons. The third kappa shape index (κ3) is 6.11. The predicted molar refractivity (Wildman–Crippen MR) is 126 cm³/mol. The second-order valence-corrected chi connectivity index (χ2v) is 8.36. The maximum atomic E-state index is 12.3. The van der Waals surface area contributed by atoms with Crippen molar-refractivity contribution in [1.29, 1.82) is 0 Å². The van der Waals surface area contributed by atoms with Crippen LogP contribution >= 0.6 is 0 Å². The third-order valence-electron chi connectivity index (χ3n) is 5.70. The molecule has 0 spiro atoms. The van der Waals surface area contributed by atoms with Gasteiger partial charge in [-0.15, -0.1) is 0 Å². The van der Waals surface area contributed by atoms with Crippen molar-refractivity contribution in [2.45, 2.75) is 39.2 Å². The first-order chi connectivity index (χ1) is 15.5. The standard InChI is InChI=1S/C25H30N6O/c1-18-6-5-8-24(29-18)30-22-14-19(2)28-23(15-22)20-9-12-31(13-10-20)17-25(32)27-16-21-7-3-4-11-26-21/h3-8,11,14-15,20H,9-10,12-13,16-17H2,1-2H3,(H,27,32)(H,28,29,30). The van der Waals surface area contributed by atoms with Gasteiger partial charge in [0.2, 0.25) is 5.91 Å². The van der Waals surface area contributed by atoms with E-state index < -0.39 is 0 Å². The molecule has 3 aromatic heterocycles. The quantitative estimate of drug-likeness (QED) is 0.594. The lowest BCUT2D eigenvalue weighted by molar-refractivity contribution is -0.122. The molecule has 1 aliphatic rings. The van der Waals surface area contributed by atoms with Gasteiger partial charge >= 0.3 is 0 Å².